The molecule has 4 rings (SSSR count). The van der Waals surface area contributed by atoms with Gasteiger partial charge in [0.2, 0.25) is 5.89 Å². The number of nitrogens with zero attached hydrogens (tertiary/aromatic N) is 1. The van der Waals surface area contributed by atoms with Crippen LogP contribution < -0.4 is 20.1 Å². The Morgan fingerprint density at radius 1 is 1.12 bits per heavy atom. The molecule has 3 aromatic carbocycles. The zero-order valence-corrected chi connectivity index (χ0v) is 20.2. The Balaban J connectivity index is 1.44. The van der Waals surface area contributed by atoms with Gasteiger partial charge in [-0.1, -0.05) is 0 Å². The molecule has 1 heterocycles. The van der Waals surface area contributed by atoms with Gasteiger partial charge < -0.3 is 19.2 Å². The molecule has 4 aromatic rings. The van der Waals surface area contributed by atoms with Crippen molar-refractivity contribution in [2.75, 3.05) is 19.0 Å². The first-order valence-corrected chi connectivity index (χ1v) is 11.3. The lowest BCUT2D eigenvalue weighted by Crippen LogP contribution is -2.34. The third-order valence-corrected chi connectivity index (χ3v) is 5.52. The summed E-state index contributed by atoms with van der Waals surface area (Å²) in [6.45, 7) is 2.55. The lowest BCUT2D eigenvalue weighted by atomic mass is 10.2. The van der Waals surface area contributed by atoms with Crippen LogP contribution in [0.5, 0.6) is 11.5 Å². The minimum absolute atomic E-state index is 0.168. The molecule has 0 aliphatic carbocycles. The van der Waals surface area contributed by atoms with E-state index >= 15 is 0 Å². The first kappa shape index (κ1) is 22.8. The molecule has 9 heteroatoms. The highest BCUT2D eigenvalue weighted by Gasteiger charge is 2.12. The Bertz CT molecular complexity index is 1320. The zero-order valence-electron chi connectivity index (χ0n) is 17.8. The zero-order chi connectivity index (χ0) is 23.4. The monoisotopic (exact) mass is 525 g/mol. The van der Waals surface area contributed by atoms with Gasteiger partial charge in [0.05, 0.1) is 18.2 Å². The van der Waals surface area contributed by atoms with Crippen LogP contribution in [0, 0.1) is 0 Å². The molecule has 1 aromatic heterocycles. The average molecular weight is 526 g/mol. The molecule has 0 spiro atoms. The molecule has 33 heavy (non-hydrogen) atoms. The van der Waals surface area contributed by atoms with Gasteiger partial charge in [0.1, 0.15) is 17.0 Å². The van der Waals surface area contributed by atoms with E-state index in [1.807, 2.05) is 31.2 Å². The highest BCUT2D eigenvalue weighted by molar-refractivity contribution is 9.10. The number of anilines is 1. The number of fused-ring (bicyclic) bond motifs is 1. The van der Waals surface area contributed by atoms with Gasteiger partial charge in [0.15, 0.2) is 10.7 Å². The Hall–Kier alpha value is -3.43. The summed E-state index contributed by atoms with van der Waals surface area (Å²) in [4.78, 5) is 17.1. The number of hydrogen-bond donors (Lipinski definition) is 2. The highest BCUT2D eigenvalue weighted by atomic mass is 79.9. The number of nitrogens with one attached hydrogen (secondary N) is 2. The maximum Gasteiger partial charge on any atom is 0.257 e. The SMILES string of the molecule is CCOc1ccc(-c2nc3cc(NC(=S)NC(=O)c4ccc(OC)c(Br)c4)ccc3o2)cc1. The largest absolute Gasteiger partial charge is 0.496 e. The number of carbonyl (C=O) groups is 1. The fourth-order valence-electron chi connectivity index (χ4n) is 3.13. The molecular weight excluding hydrogens is 506 g/mol. The van der Waals surface area contributed by atoms with Crippen molar-refractivity contribution < 1.29 is 18.7 Å². The first-order valence-electron chi connectivity index (χ1n) is 10.1. The summed E-state index contributed by atoms with van der Waals surface area (Å²) in [6, 6.07) is 18.0. The fourth-order valence-corrected chi connectivity index (χ4v) is 3.89. The van der Waals surface area contributed by atoms with Gasteiger partial charge in [-0.25, -0.2) is 4.98 Å². The first-order chi connectivity index (χ1) is 16.0. The van der Waals surface area contributed by atoms with E-state index in [0.717, 1.165) is 11.3 Å². The summed E-state index contributed by atoms with van der Waals surface area (Å²) >= 11 is 8.67. The summed E-state index contributed by atoms with van der Waals surface area (Å²) < 4.78 is 17.2. The Morgan fingerprint density at radius 2 is 1.91 bits per heavy atom. The Labute approximate surface area is 204 Å². The van der Waals surface area contributed by atoms with E-state index in [4.69, 9.17) is 26.1 Å². The summed E-state index contributed by atoms with van der Waals surface area (Å²) in [5.41, 5.74) is 3.27. The number of carbonyl (C=O) groups excluding carboxylic acids is 1. The van der Waals surface area contributed by atoms with Crippen LogP contribution in [0.25, 0.3) is 22.6 Å². The van der Waals surface area contributed by atoms with Gasteiger partial charge in [-0.3, -0.25) is 10.1 Å². The summed E-state index contributed by atoms with van der Waals surface area (Å²) in [7, 11) is 1.56. The van der Waals surface area contributed by atoms with Gasteiger partial charge >= 0.3 is 0 Å². The molecule has 0 saturated heterocycles. The number of thiocarbonyl (C=S) groups is 1. The normalized spacial score (nSPS) is 10.6. The molecule has 0 aliphatic heterocycles. The van der Waals surface area contributed by atoms with Crippen molar-refractivity contribution in [1.29, 1.82) is 0 Å². The fraction of sp³-hybridized carbons (Fsp3) is 0.125. The van der Waals surface area contributed by atoms with E-state index < -0.39 is 0 Å². The Kier molecular flexibility index (Phi) is 6.90. The van der Waals surface area contributed by atoms with E-state index in [9.17, 15) is 4.79 Å². The summed E-state index contributed by atoms with van der Waals surface area (Å²) in [6.07, 6.45) is 0. The summed E-state index contributed by atoms with van der Waals surface area (Å²) in [5, 5.41) is 5.84. The number of methoxy groups -OCH3 is 1. The van der Waals surface area contributed by atoms with Crippen LogP contribution in [-0.4, -0.2) is 29.7 Å². The quantitative estimate of drug-likeness (QED) is 0.308. The summed E-state index contributed by atoms with van der Waals surface area (Å²) in [5.74, 6) is 1.60. The van der Waals surface area contributed by atoms with Gasteiger partial charge in [-0.15, -0.1) is 0 Å². The molecular formula is C24H20BrN3O4S. The number of amides is 1. The standard InChI is InChI=1S/C24H20BrN3O4S/c1-3-31-17-8-4-14(5-9-17)23-27-19-13-16(7-11-21(19)32-23)26-24(33)28-22(29)15-6-10-20(30-2)18(25)12-15/h4-13H,3H2,1-2H3,(H2,26,28,29,33). The molecule has 0 aliphatic rings. The van der Waals surface area contributed by atoms with Gasteiger partial charge in [-0.2, -0.15) is 0 Å². The lowest BCUT2D eigenvalue weighted by Gasteiger charge is -2.10. The van der Waals surface area contributed by atoms with Crippen LogP contribution in [-0.2, 0) is 0 Å². The van der Waals surface area contributed by atoms with Crippen molar-refractivity contribution in [2.45, 2.75) is 6.92 Å². The van der Waals surface area contributed by atoms with Gasteiger partial charge in [-0.05, 0) is 95.7 Å². The van der Waals surface area contributed by atoms with Crippen molar-refractivity contribution in [3.63, 3.8) is 0 Å². The second kappa shape index (κ2) is 10.0. The molecule has 0 radical (unpaired) electrons. The van der Waals surface area contributed by atoms with Crippen molar-refractivity contribution in [3.05, 3.63) is 70.7 Å². The molecule has 0 saturated carbocycles. The lowest BCUT2D eigenvalue weighted by molar-refractivity contribution is 0.0977. The highest BCUT2D eigenvalue weighted by Crippen LogP contribution is 2.28. The molecule has 1 amide bonds. The average Bonchev–Trinajstić information content (AvgIpc) is 3.23. The van der Waals surface area contributed by atoms with Crippen LogP contribution in [0.1, 0.15) is 17.3 Å². The van der Waals surface area contributed by atoms with E-state index in [1.165, 1.54) is 0 Å². The minimum Gasteiger partial charge on any atom is -0.496 e. The van der Waals surface area contributed by atoms with Crippen LogP contribution in [0.15, 0.2) is 69.6 Å². The molecule has 0 fully saturated rings. The van der Waals surface area contributed by atoms with Crippen molar-refractivity contribution in [2.24, 2.45) is 0 Å². The predicted molar refractivity (Wildman–Crippen MR) is 135 cm³/mol. The number of halogens is 1. The third-order valence-electron chi connectivity index (χ3n) is 4.70. The minimum atomic E-state index is -0.337. The van der Waals surface area contributed by atoms with E-state index in [2.05, 4.69) is 31.5 Å². The Morgan fingerprint density at radius 3 is 2.61 bits per heavy atom. The van der Waals surface area contributed by atoms with Gasteiger partial charge in [0.25, 0.3) is 5.91 Å². The number of ether oxygens (including phenoxy) is 2. The van der Waals surface area contributed by atoms with Crippen LogP contribution in [0.4, 0.5) is 5.69 Å². The maximum absolute atomic E-state index is 12.5. The topological polar surface area (TPSA) is 85.6 Å². The van der Waals surface area contributed by atoms with Crippen LogP contribution >= 0.6 is 28.1 Å². The molecule has 0 bridgehead atoms. The third kappa shape index (κ3) is 5.32. The second-order valence-electron chi connectivity index (χ2n) is 6.92. The molecule has 7 nitrogen and oxygen atoms in total. The van der Waals surface area contributed by atoms with E-state index in [0.29, 0.717) is 45.1 Å². The van der Waals surface area contributed by atoms with Crippen molar-refractivity contribution in [3.8, 4) is 23.0 Å². The van der Waals surface area contributed by atoms with Crippen molar-refractivity contribution >= 4 is 56.0 Å². The molecule has 168 valence electrons. The number of oxazole rings is 1. The van der Waals surface area contributed by atoms with Crippen LogP contribution in [0.3, 0.4) is 0 Å². The van der Waals surface area contributed by atoms with Crippen LogP contribution in [0.2, 0.25) is 0 Å². The second-order valence-corrected chi connectivity index (χ2v) is 8.18. The van der Waals surface area contributed by atoms with Crippen molar-refractivity contribution in [1.82, 2.24) is 10.3 Å². The maximum atomic E-state index is 12.5. The van der Waals surface area contributed by atoms with E-state index in [-0.39, 0.29) is 11.0 Å². The number of aromatic nitrogens is 1. The number of benzene rings is 3. The number of hydrogen-bond acceptors (Lipinski definition) is 6. The molecule has 0 unspecified atom stereocenters. The molecule has 0 atom stereocenters. The van der Waals surface area contributed by atoms with E-state index in [1.54, 1.807) is 43.5 Å². The van der Waals surface area contributed by atoms with Gasteiger partial charge in [0, 0.05) is 16.8 Å². The molecule has 2 N–H and O–H groups in total. The predicted octanol–water partition coefficient (Wildman–Crippen LogP) is 5.79. The smallest absolute Gasteiger partial charge is 0.257 e. The number of rotatable bonds is 6.